The Hall–Kier alpha value is -1.24. The highest BCUT2D eigenvalue weighted by atomic mass is 32.2. The molecule has 2 rings (SSSR count). The fraction of sp³-hybridized carbons (Fsp3) is 0.632. The molecule has 1 unspecified atom stereocenters. The minimum absolute atomic E-state index is 0.446. The average molecular weight is 365 g/mol. The van der Waals surface area contributed by atoms with Crippen molar-refractivity contribution in [3.63, 3.8) is 0 Å². The number of ether oxygens (including phenoxy) is 1. The lowest BCUT2D eigenvalue weighted by Gasteiger charge is -2.31. The smallest absolute Gasteiger partial charge is 0.191 e. The summed E-state index contributed by atoms with van der Waals surface area (Å²) in [6.07, 6.45) is 0. The Kier molecular flexibility index (Phi) is 9.15. The molecule has 1 aliphatic rings. The maximum Gasteiger partial charge on any atom is 0.191 e. The highest BCUT2D eigenvalue weighted by molar-refractivity contribution is 7.99. The van der Waals surface area contributed by atoms with E-state index in [4.69, 9.17) is 9.73 Å². The Morgan fingerprint density at radius 3 is 2.64 bits per heavy atom. The van der Waals surface area contributed by atoms with Crippen molar-refractivity contribution in [1.29, 1.82) is 0 Å². The van der Waals surface area contributed by atoms with Gasteiger partial charge in [0.25, 0.3) is 0 Å². The number of aliphatic imine (C=N–C) groups is 1. The molecule has 5 nitrogen and oxygen atoms in total. The first-order valence-electron chi connectivity index (χ1n) is 9.22. The Labute approximate surface area is 156 Å². The van der Waals surface area contributed by atoms with Crippen molar-refractivity contribution in [3.05, 3.63) is 29.8 Å². The molecule has 1 aromatic carbocycles. The van der Waals surface area contributed by atoms with Gasteiger partial charge in [-0.2, -0.15) is 0 Å². The van der Waals surface area contributed by atoms with Crippen LogP contribution in [0.25, 0.3) is 0 Å². The number of thioether (sulfide) groups is 1. The quantitative estimate of drug-likeness (QED) is 0.321. The van der Waals surface area contributed by atoms with Crippen molar-refractivity contribution in [2.24, 2.45) is 4.99 Å². The lowest BCUT2D eigenvalue weighted by atomic mass is 10.2. The second kappa shape index (κ2) is 11.4. The van der Waals surface area contributed by atoms with Crippen LogP contribution in [0, 0.1) is 6.92 Å². The largest absolute Gasteiger partial charge is 0.379 e. The van der Waals surface area contributed by atoms with E-state index in [0.29, 0.717) is 6.04 Å². The van der Waals surface area contributed by atoms with Crippen LogP contribution in [0.3, 0.4) is 0 Å². The van der Waals surface area contributed by atoms with E-state index >= 15 is 0 Å². The van der Waals surface area contributed by atoms with E-state index in [-0.39, 0.29) is 0 Å². The molecule has 1 atom stereocenters. The Morgan fingerprint density at radius 1 is 1.24 bits per heavy atom. The number of hydrogen-bond acceptors (Lipinski definition) is 4. The molecule has 1 aliphatic heterocycles. The third-order valence-corrected chi connectivity index (χ3v) is 5.22. The molecule has 6 heteroatoms. The number of morpholine rings is 1. The molecule has 140 valence electrons. The van der Waals surface area contributed by atoms with Gasteiger partial charge in [0.15, 0.2) is 5.96 Å². The third-order valence-electron chi connectivity index (χ3n) is 4.21. The molecule has 1 fully saturated rings. The fourth-order valence-electron chi connectivity index (χ4n) is 2.67. The molecular weight excluding hydrogens is 332 g/mol. The maximum absolute atomic E-state index is 5.42. The van der Waals surface area contributed by atoms with Gasteiger partial charge in [0, 0.05) is 42.9 Å². The van der Waals surface area contributed by atoms with Gasteiger partial charge in [0.1, 0.15) is 0 Å². The summed E-state index contributed by atoms with van der Waals surface area (Å²) in [5, 5.41) is 6.77. The van der Waals surface area contributed by atoms with Crippen molar-refractivity contribution in [2.75, 3.05) is 51.7 Å². The molecule has 0 spiro atoms. The van der Waals surface area contributed by atoms with Gasteiger partial charge in [-0.25, -0.2) is 0 Å². The van der Waals surface area contributed by atoms with E-state index in [9.17, 15) is 0 Å². The van der Waals surface area contributed by atoms with E-state index in [2.05, 4.69) is 60.6 Å². The second-order valence-corrected chi connectivity index (χ2v) is 7.47. The minimum atomic E-state index is 0.446. The highest BCUT2D eigenvalue weighted by Crippen LogP contribution is 2.17. The first-order valence-corrected chi connectivity index (χ1v) is 10.2. The molecule has 0 aliphatic carbocycles. The van der Waals surface area contributed by atoms with E-state index in [0.717, 1.165) is 57.6 Å². The van der Waals surface area contributed by atoms with Gasteiger partial charge in [-0.15, -0.1) is 11.8 Å². The van der Waals surface area contributed by atoms with Gasteiger partial charge in [0.2, 0.25) is 0 Å². The summed E-state index contributed by atoms with van der Waals surface area (Å²) in [5.74, 6) is 1.93. The number of guanidine groups is 1. The van der Waals surface area contributed by atoms with E-state index < -0.39 is 0 Å². The van der Waals surface area contributed by atoms with E-state index in [1.54, 1.807) is 0 Å². The molecule has 0 aromatic heterocycles. The highest BCUT2D eigenvalue weighted by Gasteiger charge is 2.16. The van der Waals surface area contributed by atoms with Crippen LogP contribution in [0.4, 0.5) is 0 Å². The molecule has 0 radical (unpaired) electrons. The SMILES string of the molecule is CCNC(=NCC(C)N1CCOCC1)NCCSc1ccc(C)cc1. The minimum Gasteiger partial charge on any atom is -0.379 e. The predicted octanol–water partition coefficient (Wildman–Crippen LogP) is 2.36. The Morgan fingerprint density at radius 2 is 1.96 bits per heavy atom. The topological polar surface area (TPSA) is 48.9 Å². The molecule has 25 heavy (non-hydrogen) atoms. The normalized spacial score (nSPS) is 17.3. The number of rotatable bonds is 8. The summed E-state index contributed by atoms with van der Waals surface area (Å²) in [5.41, 5.74) is 1.30. The molecular formula is C19H32N4OS. The van der Waals surface area contributed by atoms with Crippen LogP contribution in [0.15, 0.2) is 34.2 Å². The predicted molar refractivity (Wildman–Crippen MR) is 108 cm³/mol. The van der Waals surface area contributed by atoms with E-state index in [1.807, 2.05) is 11.8 Å². The first-order chi connectivity index (χ1) is 12.2. The second-order valence-electron chi connectivity index (χ2n) is 6.31. The molecule has 0 bridgehead atoms. The third kappa shape index (κ3) is 7.67. The first kappa shape index (κ1) is 20.1. The monoisotopic (exact) mass is 364 g/mol. The van der Waals surface area contributed by atoms with Gasteiger partial charge < -0.3 is 15.4 Å². The molecule has 1 heterocycles. The van der Waals surface area contributed by atoms with Crippen molar-refractivity contribution < 1.29 is 4.74 Å². The van der Waals surface area contributed by atoms with Gasteiger partial charge in [-0.05, 0) is 32.9 Å². The number of aryl methyl sites for hydroxylation is 1. The number of nitrogens with one attached hydrogen (secondary N) is 2. The molecule has 0 amide bonds. The number of benzene rings is 1. The summed E-state index contributed by atoms with van der Waals surface area (Å²) >= 11 is 1.87. The van der Waals surface area contributed by atoms with Crippen LogP contribution < -0.4 is 10.6 Å². The summed E-state index contributed by atoms with van der Waals surface area (Å²) in [6.45, 7) is 12.7. The zero-order valence-corrected chi connectivity index (χ0v) is 16.6. The van der Waals surface area contributed by atoms with Crippen LogP contribution in [0.1, 0.15) is 19.4 Å². The zero-order chi connectivity index (χ0) is 17.9. The van der Waals surface area contributed by atoms with Gasteiger partial charge in [-0.3, -0.25) is 9.89 Å². The zero-order valence-electron chi connectivity index (χ0n) is 15.8. The average Bonchev–Trinajstić information content (AvgIpc) is 2.65. The van der Waals surface area contributed by atoms with Crippen molar-refractivity contribution in [2.45, 2.75) is 31.7 Å². The van der Waals surface area contributed by atoms with Crippen LogP contribution in [-0.2, 0) is 4.74 Å². The van der Waals surface area contributed by atoms with Crippen molar-refractivity contribution in [1.82, 2.24) is 15.5 Å². The van der Waals surface area contributed by atoms with Gasteiger partial charge in [0.05, 0.1) is 19.8 Å². The van der Waals surface area contributed by atoms with Crippen LogP contribution >= 0.6 is 11.8 Å². The van der Waals surface area contributed by atoms with E-state index in [1.165, 1.54) is 10.5 Å². The number of nitrogens with zero attached hydrogens (tertiary/aromatic N) is 2. The Bertz CT molecular complexity index is 515. The summed E-state index contributed by atoms with van der Waals surface area (Å²) in [4.78, 5) is 8.51. The van der Waals surface area contributed by atoms with Crippen LogP contribution in [0.2, 0.25) is 0 Å². The summed E-state index contributed by atoms with van der Waals surface area (Å²) in [6, 6.07) is 9.14. The van der Waals surface area contributed by atoms with Crippen LogP contribution in [0.5, 0.6) is 0 Å². The van der Waals surface area contributed by atoms with Crippen molar-refractivity contribution >= 4 is 17.7 Å². The van der Waals surface area contributed by atoms with Gasteiger partial charge >= 0.3 is 0 Å². The lowest BCUT2D eigenvalue weighted by molar-refractivity contribution is 0.0220. The molecule has 1 aromatic rings. The molecule has 0 saturated carbocycles. The Balaban J connectivity index is 1.72. The molecule has 2 N–H and O–H groups in total. The summed E-state index contributed by atoms with van der Waals surface area (Å²) < 4.78 is 5.42. The van der Waals surface area contributed by atoms with Crippen molar-refractivity contribution in [3.8, 4) is 0 Å². The maximum atomic E-state index is 5.42. The lowest BCUT2D eigenvalue weighted by Crippen LogP contribution is -2.44. The standard InChI is InChI=1S/C19H32N4OS/c1-4-20-19(22-15-17(3)23-10-12-24-13-11-23)21-9-14-25-18-7-5-16(2)6-8-18/h5-8,17H,4,9-15H2,1-3H3,(H2,20,21,22). The fourth-order valence-corrected chi connectivity index (χ4v) is 3.44. The summed E-state index contributed by atoms with van der Waals surface area (Å²) in [7, 11) is 0. The van der Waals surface area contributed by atoms with Crippen LogP contribution in [-0.4, -0.2) is 68.6 Å². The van der Waals surface area contributed by atoms with Gasteiger partial charge in [-0.1, -0.05) is 17.7 Å². The molecule has 1 saturated heterocycles. The number of hydrogen-bond donors (Lipinski definition) is 2.